The van der Waals surface area contributed by atoms with Gasteiger partial charge in [0.25, 0.3) is 0 Å². The molecular formula is C28H30N2O4. The largest absolute Gasteiger partial charge is 0.489 e. The lowest BCUT2D eigenvalue weighted by Gasteiger charge is -2.14. The molecule has 0 aliphatic rings. The average molecular weight is 459 g/mol. The van der Waals surface area contributed by atoms with Crippen LogP contribution >= 0.6 is 0 Å². The Labute approximate surface area is 198 Å². The fourth-order valence-electron chi connectivity index (χ4n) is 4.23. The smallest absolute Gasteiger partial charge is 0.339 e. The van der Waals surface area contributed by atoms with Crippen molar-refractivity contribution in [2.45, 2.75) is 46.1 Å². The number of carbonyl (C=O) groups excluding carboxylic acids is 1. The van der Waals surface area contributed by atoms with Gasteiger partial charge < -0.3 is 19.5 Å². The topological polar surface area (TPSA) is 84.3 Å². The first-order valence-electron chi connectivity index (χ1n) is 11.5. The number of amides is 1. The van der Waals surface area contributed by atoms with Gasteiger partial charge in [0.1, 0.15) is 17.9 Å². The lowest BCUT2D eigenvalue weighted by atomic mass is 10.0. The van der Waals surface area contributed by atoms with Gasteiger partial charge in [0.05, 0.1) is 0 Å². The third-order valence-corrected chi connectivity index (χ3v) is 5.95. The minimum absolute atomic E-state index is 0.0292. The Hall–Kier alpha value is -3.80. The maximum Gasteiger partial charge on any atom is 0.339 e. The molecule has 0 aliphatic carbocycles. The van der Waals surface area contributed by atoms with Gasteiger partial charge in [0, 0.05) is 46.6 Å². The van der Waals surface area contributed by atoms with E-state index in [0.717, 1.165) is 28.5 Å². The molecule has 0 bridgehead atoms. The molecule has 4 aromatic rings. The lowest BCUT2D eigenvalue weighted by Crippen LogP contribution is -2.34. The predicted octanol–water partition coefficient (Wildman–Crippen LogP) is 5.22. The summed E-state index contributed by atoms with van der Waals surface area (Å²) in [6.45, 7) is 9.99. The maximum absolute atomic E-state index is 12.6. The number of H-pyrrole nitrogens is 1. The molecule has 6 nitrogen and oxygen atoms in total. The quantitative estimate of drug-likeness (QED) is 0.266. The molecule has 2 heterocycles. The van der Waals surface area contributed by atoms with Crippen LogP contribution in [0.4, 0.5) is 0 Å². The molecule has 0 saturated heterocycles. The number of carbonyl (C=O) groups is 1. The van der Waals surface area contributed by atoms with Crippen LogP contribution in [0.15, 0.2) is 70.0 Å². The highest BCUT2D eigenvalue weighted by molar-refractivity contribution is 5.84. The molecule has 6 heteroatoms. The molecule has 34 heavy (non-hydrogen) atoms. The van der Waals surface area contributed by atoms with E-state index in [1.807, 2.05) is 57.3 Å². The maximum atomic E-state index is 12.6. The van der Waals surface area contributed by atoms with E-state index in [1.54, 1.807) is 6.07 Å². The SMILES string of the molecule is C=C(C)COc1ccc2c(C)c(CCC(=O)N[C@@H](C)Cc3c[nH]c4ccccc34)c(=O)oc2c1. The highest BCUT2D eigenvalue weighted by atomic mass is 16.5. The molecule has 1 atom stereocenters. The van der Waals surface area contributed by atoms with Gasteiger partial charge in [0.15, 0.2) is 0 Å². The van der Waals surface area contributed by atoms with E-state index in [9.17, 15) is 9.59 Å². The standard InChI is InChI=1S/C28H30N2O4/c1-17(2)16-33-21-9-10-22-19(4)23(28(32)34-26(22)14-21)11-12-27(31)30-18(3)13-20-15-29-25-8-6-5-7-24(20)25/h5-10,14-15,18,29H,1,11-13,16H2,2-4H3,(H,30,31)/t18-/m0/s1. The Morgan fingerprint density at radius 3 is 2.79 bits per heavy atom. The van der Waals surface area contributed by atoms with Crippen molar-refractivity contribution in [1.82, 2.24) is 10.3 Å². The normalized spacial score (nSPS) is 12.1. The van der Waals surface area contributed by atoms with Crippen LogP contribution in [0.5, 0.6) is 5.75 Å². The van der Waals surface area contributed by atoms with Crippen LogP contribution in [-0.4, -0.2) is 23.5 Å². The van der Waals surface area contributed by atoms with Crippen LogP contribution in [0.2, 0.25) is 0 Å². The van der Waals surface area contributed by atoms with E-state index in [-0.39, 0.29) is 18.4 Å². The fraction of sp³-hybridized carbons (Fsp3) is 0.286. The van der Waals surface area contributed by atoms with Crippen LogP contribution in [0.1, 0.15) is 37.0 Å². The molecule has 1 amide bonds. The van der Waals surface area contributed by atoms with E-state index in [0.29, 0.717) is 29.9 Å². The zero-order chi connectivity index (χ0) is 24.2. The average Bonchev–Trinajstić information content (AvgIpc) is 3.20. The van der Waals surface area contributed by atoms with Crippen LogP contribution < -0.4 is 15.7 Å². The third-order valence-electron chi connectivity index (χ3n) is 5.95. The summed E-state index contributed by atoms with van der Waals surface area (Å²) in [5.74, 6) is 0.532. The van der Waals surface area contributed by atoms with E-state index in [4.69, 9.17) is 9.15 Å². The Bertz CT molecular complexity index is 1410. The molecule has 0 unspecified atom stereocenters. The molecule has 2 aromatic carbocycles. The number of nitrogens with one attached hydrogen (secondary N) is 2. The van der Waals surface area contributed by atoms with Crippen molar-refractivity contribution in [3.63, 3.8) is 0 Å². The van der Waals surface area contributed by atoms with Crippen LogP contribution in [0.3, 0.4) is 0 Å². The summed E-state index contributed by atoms with van der Waals surface area (Å²) in [7, 11) is 0. The second-order valence-corrected chi connectivity index (χ2v) is 8.93. The molecule has 176 valence electrons. The molecule has 2 N–H and O–H groups in total. The van der Waals surface area contributed by atoms with E-state index >= 15 is 0 Å². The summed E-state index contributed by atoms with van der Waals surface area (Å²) in [5.41, 5.74) is 4.58. The number of aromatic amines is 1. The number of hydrogen-bond donors (Lipinski definition) is 2. The van der Waals surface area contributed by atoms with Crippen LogP contribution in [-0.2, 0) is 17.6 Å². The molecule has 0 fully saturated rings. The molecule has 0 spiro atoms. The van der Waals surface area contributed by atoms with Crippen molar-refractivity contribution in [1.29, 1.82) is 0 Å². The number of ether oxygens (including phenoxy) is 1. The van der Waals surface area contributed by atoms with Crippen molar-refractivity contribution in [2.75, 3.05) is 6.61 Å². The van der Waals surface area contributed by atoms with Gasteiger partial charge in [-0.05, 0) is 68.5 Å². The van der Waals surface area contributed by atoms with E-state index in [2.05, 4.69) is 22.9 Å². The van der Waals surface area contributed by atoms with Crippen LogP contribution in [0.25, 0.3) is 21.9 Å². The number of rotatable bonds is 9. The number of benzene rings is 2. The lowest BCUT2D eigenvalue weighted by molar-refractivity contribution is -0.121. The zero-order valence-corrected chi connectivity index (χ0v) is 19.9. The van der Waals surface area contributed by atoms with Gasteiger partial charge in [-0.1, -0.05) is 24.8 Å². The van der Waals surface area contributed by atoms with Crippen molar-refractivity contribution in [2.24, 2.45) is 0 Å². The van der Waals surface area contributed by atoms with Crippen molar-refractivity contribution in [3.8, 4) is 5.75 Å². The number of para-hydroxylation sites is 1. The molecule has 0 saturated carbocycles. The van der Waals surface area contributed by atoms with Gasteiger partial charge in [-0.3, -0.25) is 4.79 Å². The van der Waals surface area contributed by atoms with Gasteiger partial charge in [0.2, 0.25) is 5.91 Å². The Balaban J connectivity index is 1.40. The molecule has 2 aromatic heterocycles. The molecular weight excluding hydrogens is 428 g/mol. The molecule has 4 rings (SSSR count). The van der Waals surface area contributed by atoms with Crippen molar-refractivity contribution >= 4 is 27.8 Å². The summed E-state index contributed by atoms with van der Waals surface area (Å²) in [6, 6.07) is 13.5. The Morgan fingerprint density at radius 1 is 1.21 bits per heavy atom. The highest BCUT2D eigenvalue weighted by Crippen LogP contribution is 2.25. The number of aryl methyl sites for hydroxylation is 1. The van der Waals surface area contributed by atoms with Gasteiger partial charge in [-0.25, -0.2) is 4.79 Å². The summed E-state index contributed by atoms with van der Waals surface area (Å²) in [4.78, 5) is 28.5. The summed E-state index contributed by atoms with van der Waals surface area (Å²) in [6.07, 6.45) is 3.26. The minimum Gasteiger partial charge on any atom is -0.489 e. The van der Waals surface area contributed by atoms with E-state index < -0.39 is 5.63 Å². The van der Waals surface area contributed by atoms with Crippen molar-refractivity contribution < 1.29 is 13.9 Å². The number of aromatic nitrogens is 1. The summed E-state index contributed by atoms with van der Waals surface area (Å²) in [5, 5.41) is 5.06. The first-order chi connectivity index (χ1) is 16.3. The van der Waals surface area contributed by atoms with E-state index in [1.165, 1.54) is 10.9 Å². The Kier molecular flexibility index (Phi) is 6.87. The summed E-state index contributed by atoms with van der Waals surface area (Å²) >= 11 is 0. The monoisotopic (exact) mass is 458 g/mol. The second kappa shape index (κ2) is 10.00. The third kappa shape index (κ3) is 5.22. The first-order valence-corrected chi connectivity index (χ1v) is 11.5. The second-order valence-electron chi connectivity index (χ2n) is 8.93. The molecule has 0 aliphatic heterocycles. The Morgan fingerprint density at radius 2 is 2.00 bits per heavy atom. The highest BCUT2D eigenvalue weighted by Gasteiger charge is 2.16. The zero-order valence-electron chi connectivity index (χ0n) is 19.9. The predicted molar refractivity (Wildman–Crippen MR) is 135 cm³/mol. The number of hydrogen-bond acceptors (Lipinski definition) is 4. The fourth-order valence-corrected chi connectivity index (χ4v) is 4.23. The van der Waals surface area contributed by atoms with Gasteiger partial charge >= 0.3 is 5.63 Å². The van der Waals surface area contributed by atoms with Crippen molar-refractivity contribution in [3.05, 3.63) is 87.9 Å². The number of fused-ring (bicyclic) bond motifs is 2. The molecule has 0 radical (unpaired) electrons. The summed E-state index contributed by atoms with van der Waals surface area (Å²) < 4.78 is 11.2. The van der Waals surface area contributed by atoms with Gasteiger partial charge in [-0.15, -0.1) is 0 Å². The first kappa shape index (κ1) is 23.4. The van der Waals surface area contributed by atoms with Gasteiger partial charge in [-0.2, -0.15) is 0 Å². The van der Waals surface area contributed by atoms with Crippen LogP contribution in [0, 0.1) is 6.92 Å². The minimum atomic E-state index is -0.415.